The topological polar surface area (TPSA) is 95.5 Å². The Hall–Kier alpha value is -3.15. The van der Waals surface area contributed by atoms with Gasteiger partial charge in [0.1, 0.15) is 0 Å². The van der Waals surface area contributed by atoms with E-state index in [1.807, 2.05) is 0 Å². The van der Waals surface area contributed by atoms with Gasteiger partial charge in [-0.3, -0.25) is 14.4 Å². The van der Waals surface area contributed by atoms with E-state index in [0.29, 0.717) is 22.5 Å². The van der Waals surface area contributed by atoms with E-state index >= 15 is 0 Å². The maximum Gasteiger partial charge on any atom is 0.310 e. The van der Waals surface area contributed by atoms with Gasteiger partial charge < -0.3 is 15.7 Å². The Labute approximate surface area is 170 Å². The number of benzene rings is 2. The van der Waals surface area contributed by atoms with Gasteiger partial charge in [-0.25, -0.2) is 0 Å². The van der Waals surface area contributed by atoms with Gasteiger partial charge in [-0.15, -0.1) is 0 Å². The van der Waals surface area contributed by atoms with Gasteiger partial charge in [-0.05, 0) is 55.7 Å². The second-order valence-electron chi connectivity index (χ2n) is 7.54. The Morgan fingerprint density at radius 3 is 2.28 bits per heavy atom. The monoisotopic (exact) mass is 394 g/mol. The minimum Gasteiger partial charge on any atom is -0.481 e. The summed E-state index contributed by atoms with van der Waals surface area (Å²) in [5.41, 5.74) is 2.30. The molecule has 0 spiro atoms. The van der Waals surface area contributed by atoms with Crippen LogP contribution < -0.4 is 10.6 Å². The standard InChI is InChI=1S/C23H26N2O4/c1-15(23(28)29)16-10-12-19(13-11-16)24-22(27)18-8-5-9-20(14-18)25-21(26)17-6-3-2-4-7-17/h5,8-15,17H,2-4,6-7H2,1H3,(H,24,27)(H,25,26)(H,28,29). The Balaban J connectivity index is 1.63. The molecule has 0 bridgehead atoms. The van der Waals surface area contributed by atoms with E-state index in [2.05, 4.69) is 10.6 Å². The molecule has 1 fully saturated rings. The molecule has 0 aromatic heterocycles. The van der Waals surface area contributed by atoms with Crippen LogP contribution in [0.2, 0.25) is 0 Å². The van der Waals surface area contributed by atoms with Crippen LogP contribution in [0.5, 0.6) is 0 Å². The fraction of sp³-hybridized carbons (Fsp3) is 0.348. The molecule has 0 aliphatic heterocycles. The lowest BCUT2D eigenvalue weighted by Gasteiger charge is -2.20. The number of hydrogen-bond donors (Lipinski definition) is 3. The van der Waals surface area contributed by atoms with E-state index < -0.39 is 11.9 Å². The van der Waals surface area contributed by atoms with Gasteiger partial charge in [-0.1, -0.05) is 37.5 Å². The van der Waals surface area contributed by atoms with Gasteiger partial charge in [0, 0.05) is 22.9 Å². The van der Waals surface area contributed by atoms with Gasteiger partial charge in [0.05, 0.1) is 5.92 Å². The van der Waals surface area contributed by atoms with E-state index in [0.717, 1.165) is 25.7 Å². The third-order valence-corrected chi connectivity index (χ3v) is 5.41. The molecule has 1 aliphatic rings. The summed E-state index contributed by atoms with van der Waals surface area (Å²) in [7, 11) is 0. The first-order valence-corrected chi connectivity index (χ1v) is 9.99. The van der Waals surface area contributed by atoms with Crippen LogP contribution in [0.25, 0.3) is 0 Å². The van der Waals surface area contributed by atoms with Gasteiger partial charge in [0.2, 0.25) is 5.91 Å². The van der Waals surface area contributed by atoms with Crippen molar-refractivity contribution >= 4 is 29.2 Å². The van der Waals surface area contributed by atoms with Crippen LogP contribution in [-0.2, 0) is 9.59 Å². The molecule has 1 aliphatic carbocycles. The van der Waals surface area contributed by atoms with Crippen molar-refractivity contribution in [1.82, 2.24) is 0 Å². The summed E-state index contributed by atoms with van der Waals surface area (Å²) in [5, 5.41) is 14.8. The summed E-state index contributed by atoms with van der Waals surface area (Å²) in [5.74, 6) is -1.73. The highest BCUT2D eigenvalue weighted by Gasteiger charge is 2.21. The molecular weight excluding hydrogens is 368 g/mol. The Morgan fingerprint density at radius 1 is 0.931 bits per heavy atom. The average molecular weight is 394 g/mol. The maximum atomic E-state index is 12.6. The van der Waals surface area contributed by atoms with Crippen molar-refractivity contribution in [3.8, 4) is 0 Å². The quantitative estimate of drug-likeness (QED) is 0.665. The van der Waals surface area contributed by atoms with Gasteiger partial charge >= 0.3 is 5.97 Å². The normalized spacial score (nSPS) is 15.3. The van der Waals surface area contributed by atoms with Crippen LogP contribution >= 0.6 is 0 Å². The third kappa shape index (κ3) is 5.44. The summed E-state index contributed by atoms with van der Waals surface area (Å²) < 4.78 is 0. The largest absolute Gasteiger partial charge is 0.481 e. The number of nitrogens with one attached hydrogen (secondary N) is 2. The lowest BCUT2D eigenvalue weighted by molar-refractivity contribution is -0.138. The zero-order chi connectivity index (χ0) is 20.8. The highest BCUT2D eigenvalue weighted by molar-refractivity contribution is 6.05. The van der Waals surface area contributed by atoms with E-state index in [4.69, 9.17) is 5.11 Å². The summed E-state index contributed by atoms with van der Waals surface area (Å²) in [4.78, 5) is 36.0. The maximum absolute atomic E-state index is 12.6. The first-order chi connectivity index (χ1) is 13.9. The van der Waals surface area contributed by atoms with Crippen LogP contribution in [-0.4, -0.2) is 22.9 Å². The first kappa shape index (κ1) is 20.6. The molecule has 1 unspecified atom stereocenters. The number of carboxylic acids is 1. The molecule has 3 rings (SSSR count). The van der Waals surface area contributed by atoms with E-state index in [1.54, 1.807) is 55.5 Å². The van der Waals surface area contributed by atoms with E-state index in [9.17, 15) is 14.4 Å². The van der Waals surface area contributed by atoms with E-state index in [1.165, 1.54) is 6.42 Å². The summed E-state index contributed by atoms with van der Waals surface area (Å²) in [6.07, 6.45) is 5.20. The number of carbonyl (C=O) groups is 3. The fourth-order valence-corrected chi connectivity index (χ4v) is 3.55. The fourth-order valence-electron chi connectivity index (χ4n) is 3.55. The zero-order valence-corrected chi connectivity index (χ0v) is 16.5. The number of hydrogen-bond acceptors (Lipinski definition) is 3. The predicted molar refractivity (Wildman–Crippen MR) is 112 cm³/mol. The lowest BCUT2D eigenvalue weighted by Crippen LogP contribution is -2.24. The first-order valence-electron chi connectivity index (χ1n) is 9.99. The van der Waals surface area contributed by atoms with Crippen molar-refractivity contribution in [2.75, 3.05) is 10.6 Å². The van der Waals surface area contributed by atoms with Crippen molar-refractivity contribution in [3.05, 3.63) is 59.7 Å². The Bertz CT molecular complexity index is 886. The van der Waals surface area contributed by atoms with Crippen molar-refractivity contribution in [1.29, 1.82) is 0 Å². The third-order valence-electron chi connectivity index (χ3n) is 5.41. The molecule has 2 aromatic carbocycles. The number of anilines is 2. The minimum atomic E-state index is -0.895. The molecule has 6 heteroatoms. The summed E-state index contributed by atoms with van der Waals surface area (Å²) in [6, 6.07) is 13.6. The number of carbonyl (C=O) groups excluding carboxylic acids is 2. The molecule has 29 heavy (non-hydrogen) atoms. The molecular formula is C23H26N2O4. The Kier molecular flexibility index (Phi) is 6.65. The number of carboxylic acid groups (broad SMARTS) is 1. The lowest BCUT2D eigenvalue weighted by atomic mass is 9.88. The van der Waals surface area contributed by atoms with Crippen LogP contribution in [0, 0.1) is 5.92 Å². The van der Waals surface area contributed by atoms with Crippen LogP contribution in [0.4, 0.5) is 11.4 Å². The highest BCUT2D eigenvalue weighted by Crippen LogP contribution is 2.25. The molecule has 2 aromatic rings. The number of aliphatic carboxylic acids is 1. The van der Waals surface area contributed by atoms with Crippen LogP contribution in [0.1, 0.15) is 60.9 Å². The molecule has 152 valence electrons. The van der Waals surface area contributed by atoms with Gasteiger partial charge in [-0.2, -0.15) is 0 Å². The molecule has 6 nitrogen and oxygen atoms in total. The molecule has 1 atom stereocenters. The summed E-state index contributed by atoms with van der Waals surface area (Å²) in [6.45, 7) is 1.61. The Morgan fingerprint density at radius 2 is 1.62 bits per heavy atom. The molecule has 0 heterocycles. The van der Waals surface area contributed by atoms with Crippen molar-refractivity contribution in [3.63, 3.8) is 0 Å². The predicted octanol–water partition coefficient (Wildman–Crippen LogP) is 4.65. The smallest absolute Gasteiger partial charge is 0.310 e. The van der Waals surface area contributed by atoms with Gasteiger partial charge in [0.25, 0.3) is 5.91 Å². The number of amides is 2. The van der Waals surface area contributed by atoms with Crippen LogP contribution in [0.15, 0.2) is 48.5 Å². The second kappa shape index (κ2) is 9.37. The number of rotatable bonds is 6. The highest BCUT2D eigenvalue weighted by atomic mass is 16.4. The van der Waals surface area contributed by atoms with Crippen LogP contribution in [0.3, 0.4) is 0 Å². The average Bonchev–Trinajstić information content (AvgIpc) is 2.74. The molecule has 3 N–H and O–H groups in total. The zero-order valence-electron chi connectivity index (χ0n) is 16.5. The SMILES string of the molecule is CC(C(=O)O)c1ccc(NC(=O)c2cccc(NC(=O)C3CCCCC3)c2)cc1. The van der Waals surface area contributed by atoms with Crippen molar-refractivity contribution < 1.29 is 19.5 Å². The molecule has 0 radical (unpaired) electrons. The second-order valence-corrected chi connectivity index (χ2v) is 7.54. The van der Waals surface area contributed by atoms with Crippen molar-refractivity contribution in [2.45, 2.75) is 44.9 Å². The molecule has 0 saturated heterocycles. The molecule has 2 amide bonds. The van der Waals surface area contributed by atoms with Gasteiger partial charge in [0.15, 0.2) is 0 Å². The minimum absolute atomic E-state index is 0.0189. The van der Waals surface area contributed by atoms with Crippen molar-refractivity contribution in [2.24, 2.45) is 5.92 Å². The molecule has 1 saturated carbocycles. The van der Waals surface area contributed by atoms with E-state index in [-0.39, 0.29) is 17.7 Å². The summed E-state index contributed by atoms with van der Waals surface area (Å²) >= 11 is 0.